The Balaban J connectivity index is 2.02. The molecule has 2 aromatic heterocycles. The number of amides is 2. The monoisotopic (exact) mass is 270 g/mol. The lowest BCUT2D eigenvalue weighted by atomic mass is 10.3. The van der Waals surface area contributed by atoms with E-state index in [1.165, 1.54) is 4.90 Å². The molecule has 0 atom stereocenters. The highest BCUT2D eigenvalue weighted by Gasteiger charge is 2.15. The summed E-state index contributed by atoms with van der Waals surface area (Å²) in [6, 6.07) is 10.5. The SMILES string of the molecule is N#CCCN(Cc1ccco1)C(=O)Nc1ccccn1. The van der Waals surface area contributed by atoms with Crippen molar-refractivity contribution in [3.05, 3.63) is 48.6 Å². The van der Waals surface area contributed by atoms with Crippen molar-refractivity contribution in [2.24, 2.45) is 0 Å². The molecule has 6 heteroatoms. The summed E-state index contributed by atoms with van der Waals surface area (Å²) in [4.78, 5) is 17.7. The summed E-state index contributed by atoms with van der Waals surface area (Å²) in [5, 5.41) is 11.4. The molecule has 6 nitrogen and oxygen atoms in total. The van der Waals surface area contributed by atoms with Gasteiger partial charge in [0.15, 0.2) is 0 Å². The minimum Gasteiger partial charge on any atom is -0.467 e. The molecule has 0 fully saturated rings. The second-order valence-electron chi connectivity index (χ2n) is 4.05. The molecule has 0 saturated heterocycles. The molecule has 0 aromatic carbocycles. The molecule has 0 radical (unpaired) electrons. The summed E-state index contributed by atoms with van der Waals surface area (Å²) >= 11 is 0. The first kappa shape index (κ1) is 13.6. The van der Waals surface area contributed by atoms with E-state index < -0.39 is 0 Å². The Kier molecular flexibility index (Phi) is 4.73. The average molecular weight is 270 g/mol. The lowest BCUT2D eigenvalue weighted by Crippen LogP contribution is -2.35. The number of rotatable bonds is 5. The highest BCUT2D eigenvalue weighted by atomic mass is 16.3. The van der Waals surface area contributed by atoms with Gasteiger partial charge in [0, 0.05) is 12.7 Å². The van der Waals surface area contributed by atoms with Crippen LogP contribution in [0.2, 0.25) is 0 Å². The van der Waals surface area contributed by atoms with Crippen LogP contribution < -0.4 is 5.32 Å². The molecule has 2 heterocycles. The van der Waals surface area contributed by atoms with Crippen molar-refractivity contribution in [2.45, 2.75) is 13.0 Å². The smallest absolute Gasteiger partial charge is 0.323 e. The number of anilines is 1. The molecule has 0 unspecified atom stereocenters. The van der Waals surface area contributed by atoms with Crippen LogP contribution >= 0.6 is 0 Å². The Morgan fingerprint density at radius 1 is 1.40 bits per heavy atom. The number of urea groups is 1. The second-order valence-corrected chi connectivity index (χ2v) is 4.05. The van der Waals surface area contributed by atoms with Crippen molar-refractivity contribution < 1.29 is 9.21 Å². The molecule has 2 amide bonds. The molecule has 0 saturated carbocycles. The minimum absolute atomic E-state index is 0.260. The third-order valence-corrected chi connectivity index (χ3v) is 2.61. The van der Waals surface area contributed by atoms with Crippen LogP contribution in [0.1, 0.15) is 12.2 Å². The van der Waals surface area contributed by atoms with Gasteiger partial charge >= 0.3 is 6.03 Å². The van der Waals surface area contributed by atoms with Crippen molar-refractivity contribution in [1.82, 2.24) is 9.88 Å². The zero-order chi connectivity index (χ0) is 14.2. The first-order valence-electron chi connectivity index (χ1n) is 6.16. The van der Waals surface area contributed by atoms with Gasteiger partial charge in [-0.15, -0.1) is 0 Å². The number of pyridine rings is 1. The third kappa shape index (κ3) is 3.85. The first-order chi connectivity index (χ1) is 9.79. The summed E-state index contributed by atoms with van der Waals surface area (Å²) in [6.45, 7) is 0.642. The molecule has 0 spiro atoms. The molecule has 2 rings (SSSR count). The van der Waals surface area contributed by atoms with Crippen LogP contribution in [0.15, 0.2) is 47.2 Å². The number of carbonyl (C=O) groups excluding carboxylic acids is 1. The predicted molar refractivity (Wildman–Crippen MR) is 72.6 cm³/mol. The van der Waals surface area contributed by atoms with Crippen LogP contribution in [0.25, 0.3) is 0 Å². The van der Waals surface area contributed by atoms with Crippen molar-refractivity contribution in [2.75, 3.05) is 11.9 Å². The molecular formula is C14H14N4O2. The van der Waals surface area contributed by atoms with E-state index in [1.807, 2.05) is 6.07 Å². The van der Waals surface area contributed by atoms with E-state index in [9.17, 15) is 4.79 Å². The highest BCUT2D eigenvalue weighted by molar-refractivity contribution is 5.88. The van der Waals surface area contributed by atoms with Gasteiger partial charge in [0.2, 0.25) is 0 Å². The van der Waals surface area contributed by atoms with Crippen molar-refractivity contribution in [3.63, 3.8) is 0 Å². The van der Waals surface area contributed by atoms with Crippen LogP contribution in [0.3, 0.4) is 0 Å². The van der Waals surface area contributed by atoms with E-state index in [2.05, 4.69) is 10.3 Å². The largest absolute Gasteiger partial charge is 0.467 e. The summed E-state index contributed by atoms with van der Waals surface area (Å²) in [5.41, 5.74) is 0. The number of furan rings is 1. The number of hydrogen-bond donors (Lipinski definition) is 1. The molecule has 0 aliphatic rings. The topological polar surface area (TPSA) is 82.2 Å². The molecule has 2 aromatic rings. The Morgan fingerprint density at radius 3 is 2.95 bits per heavy atom. The quantitative estimate of drug-likeness (QED) is 0.905. The van der Waals surface area contributed by atoms with Crippen molar-refractivity contribution >= 4 is 11.8 Å². The summed E-state index contributed by atoms with van der Waals surface area (Å²) < 4.78 is 5.22. The van der Waals surface area contributed by atoms with Gasteiger partial charge in [-0.1, -0.05) is 6.07 Å². The number of nitrogens with one attached hydrogen (secondary N) is 1. The Morgan fingerprint density at radius 2 is 2.30 bits per heavy atom. The summed E-state index contributed by atoms with van der Waals surface area (Å²) in [5.74, 6) is 1.14. The van der Waals surface area contributed by atoms with E-state index in [-0.39, 0.29) is 12.5 Å². The maximum atomic E-state index is 12.2. The highest BCUT2D eigenvalue weighted by Crippen LogP contribution is 2.09. The lowest BCUT2D eigenvalue weighted by Gasteiger charge is -2.20. The maximum Gasteiger partial charge on any atom is 0.323 e. The van der Waals surface area contributed by atoms with Gasteiger partial charge in [-0.2, -0.15) is 5.26 Å². The lowest BCUT2D eigenvalue weighted by molar-refractivity contribution is 0.205. The van der Waals surface area contributed by atoms with E-state index in [0.717, 1.165) is 0 Å². The van der Waals surface area contributed by atoms with Crippen LogP contribution in [0, 0.1) is 11.3 Å². The van der Waals surface area contributed by atoms with Gasteiger partial charge in [-0.25, -0.2) is 9.78 Å². The van der Waals surface area contributed by atoms with E-state index >= 15 is 0 Å². The Labute approximate surface area is 116 Å². The molecule has 1 N–H and O–H groups in total. The van der Waals surface area contributed by atoms with Crippen molar-refractivity contribution in [1.29, 1.82) is 5.26 Å². The van der Waals surface area contributed by atoms with E-state index in [0.29, 0.717) is 24.7 Å². The maximum absolute atomic E-state index is 12.2. The van der Waals surface area contributed by atoms with Crippen LogP contribution in [-0.4, -0.2) is 22.5 Å². The first-order valence-corrected chi connectivity index (χ1v) is 6.16. The number of hydrogen-bond acceptors (Lipinski definition) is 4. The molecule has 0 aliphatic heterocycles. The van der Waals surface area contributed by atoms with Gasteiger partial charge in [0.05, 0.1) is 25.3 Å². The van der Waals surface area contributed by atoms with Crippen LogP contribution in [-0.2, 0) is 6.54 Å². The van der Waals surface area contributed by atoms with E-state index in [1.54, 1.807) is 42.8 Å². The van der Waals surface area contributed by atoms with Gasteiger partial charge < -0.3 is 9.32 Å². The number of carbonyl (C=O) groups is 1. The van der Waals surface area contributed by atoms with Gasteiger partial charge in [0.25, 0.3) is 0 Å². The second kappa shape index (κ2) is 6.95. The van der Waals surface area contributed by atoms with Crippen LogP contribution in [0.4, 0.5) is 10.6 Å². The Hall–Kier alpha value is -2.81. The fourth-order valence-electron chi connectivity index (χ4n) is 1.65. The fourth-order valence-corrected chi connectivity index (χ4v) is 1.65. The average Bonchev–Trinajstić information content (AvgIpc) is 2.97. The molecule has 20 heavy (non-hydrogen) atoms. The summed E-state index contributed by atoms with van der Waals surface area (Å²) in [7, 11) is 0. The molecule has 102 valence electrons. The van der Waals surface area contributed by atoms with Crippen molar-refractivity contribution in [3.8, 4) is 6.07 Å². The Bertz CT molecular complexity index is 575. The third-order valence-electron chi connectivity index (χ3n) is 2.61. The van der Waals surface area contributed by atoms with Gasteiger partial charge in [-0.05, 0) is 24.3 Å². The number of nitriles is 1. The van der Waals surface area contributed by atoms with Gasteiger partial charge in [0.1, 0.15) is 11.6 Å². The zero-order valence-electron chi connectivity index (χ0n) is 10.8. The molecule has 0 aliphatic carbocycles. The molecule has 0 bridgehead atoms. The van der Waals surface area contributed by atoms with Gasteiger partial charge in [-0.3, -0.25) is 5.32 Å². The standard InChI is InChI=1S/C14H14N4O2/c15-7-4-9-18(11-12-5-3-10-20-12)14(19)17-13-6-1-2-8-16-13/h1-3,5-6,8,10H,4,9,11H2,(H,16,17,19). The van der Waals surface area contributed by atoms with Crippen LogP contribution in [0.5, 0.6) is 0 Å². The number of nitrogens with zero attached hydrogens (tertiary/aromatic N) is 3. The minimum atomic E-state index is -0.310. The normalized spacial score (nSPS) is 9.75. The van der Waals surface area contributed by atoms with E-state index in [4.69, 9.17) is 9.68 Å². The summed E-state index contributed by atoms with van der Waals surface area (Å²) in [6.07, 6.45) is 3.41. The predicted octanol–water partition coefficient (Wildman–Crippen LogP) is 2.62. The number of aromatic nitrogens is 1. The zero-order valence-corrected chi connectivity index (χ0v) is 10.8. The molecular weight excluding hydrogens is 256 g/mol. The fraction of sp³-hybridized carbons (Fsp3) is 0.214.